The van der Waals surface area contributed by atoms with Crippen molar-refractivity contribution in [3.05, 3.63) is 29.8 Å². The number of rotatable bonds is 4. The molecule has 1 saturated heterocycles. The molecule has 1 N–H and O–H groups in total. The molecule has 120 valence electrons. The molecule has 1 aliphatic rings. The molecule has 0 spiro atoms. The van der Waals surface area contributed by atoms with E-state index in [1.165, 1.54) is 0 Å². The highest BCUT2D eigenvalue weighted by Gasteiger charge is 2.35. The molecule has 1 aliphatic heterocycles. The third kappa shape index (κ3) is 4.13. The van der Waals surface area contributed by atoms with Gasteiger partial charge in [0.25, 0.3) is 0 Å². The fourth-order valence-corrected chi connectivity index (χ4v) is 2.24. The van der Waals surface area contributed by atoms with Gasteiger partial charge in [0.2, 0.25) is 0 Å². The predicted molar refractivity (Wildman–Crippen MR) is 80.1 cm³/mol. The van der Waals surface area contributed by atoms with Gasteiger partial charge in [0.05, 0.1) is 0 Å². The van der Waals surface area contributed by atoms with Crippen LogP contribution in [0.15, 0.2) is 24.3 Å². The minimum atomic E-state index is -1.02. The quantitative estimate of drug-likeness (QED) is 0.925. The lowest BCUT2D eigenvalue weighted by atomic mass is 9.91. The number of hydrogen-bond donors (Lipinski definition) is 1. The zero-order chi connectivity index (χ0) is 16.3. The van der Waals surface area contributed by atoms with E-state index in [0.29, 0.717) is 18.8 Å². The summed E-state index contributed by atoms with van der Waals surface area (Å²) in [6, 6.07) is 7.31. The Morgan fingerprint density at radius 2 is 1.91 bits per heavy atom. The van der Waals surface area contributed by atoms with E-state index in [4.69, 9.17) is 14.6 Å². The molecule has 2 rings (SSSR count). The number of para-hydroxylation sites is 1. The van der Waals surface area contributed by atoms with Crippen molar-refractivity contribution >= 4 is 12.1 Å². The van der Waals surface area contributed by atoms with Gasteiger partial charge in [-0.15, -0.1) is 0 Å². The maximum atomic E-state index is 11.9. The van der Waals surface area contributed by atoms with Crippen molar-refractivity contribution < 1.29 is 24.2 Å². The molecule has 0 saturated carbocycles. The topological polar surface area (TPSA) is 76.1 Å². The van der Waals surface area contributed by atoms with Gasteiger partial charge < -0.3 is 19.5 Å². The number of ether oxygens (including phenoxy) is 2. The standard InChI is InChI=1S/C16H21NO5/c1-16(2,3)22-15(20)17-8-11(9-17)12-6-4-5-7-13(12)21-10-14(18)19/h4-7,11H,8-10H2,1-3H3,(H,18,19). The van der Waals surface area contributed by atoms with Gasteiger partial charge in [-0.05, 0) is 26.8 Å². The number of carboxylic acid groups (broad SMARTS) is 1. The number of carboxylic acids is 1. The van der Waals surface area contributed by atoms with Crippen LogP contribution in [0.25, 0.3) is 0 Å². The summed E-state index contributed by atoms with van der Waals surface area (Å²) in [6.07, 6.45) is -0.326. The highest BCUT2D eigenvalue weighted by Crippen LogP contribution is 2.34. The first-order chi connectivity index (χ1) is 10.3. The Labute approximate surface area is 129 Å². The first-order valence-electron chi connectivity index (χ1n) is 7.18. The van der Waals surface area contributed by atoms with Gasteiger partial charge in [0.1, 0.15) is 11.4 Å². The monoisotopic (exact) mass is 307 g/mol. The van der Waals surface area contributed by atoms with Crippen LogP contribution in [0.5, 0.6) is 5.75 Å². The summed E-state index contributed by atoms with van der Waals surface area (Å²) in [5, 5.41) is 8.70. The van der Waals surface area contributed by atoms with Crippen molar-refractivity contribution in [2.45, 2.75) is 32.3 Å². The Morgan fingerprint density at radius 1 is 1.27 bits per heavy atom. The zero-order valence-electron chi connectivity index (χ0n) is 13.0. The smallest absolute Gasteiger partial charge is 0.410 e. The molecule has 0 radical (unpaired) electrons. The third-order valence-corrected chi connectivity index (χ3v) is 3.24. The normalized spacial score (nSPS) is 15.1. The minimum absolute atomic E-state index is 0.137. The second kappa shape index (κ2) is 6.25. The van der Waals surface area contributed by atoms with Gasteiger partial charge >= 0.3 is 12.1 Å². The van der Waals surface area contributed by atoms with Crippen molar-refractivity contribution in [2.75, 3.05) is 19.7 Å². The summed E-state index contributed by atoms with van der Waals surface area (Å²) in [7, 11) is 0. The summed E-state index contributed by atoms with van der Waals surface area (Å²) in [5.41, 5.74) is 0.411. The average Bonchev–Trinajstić information content (AvgIpc) is 2.33. The van der Waals surface area contributed by atoms with E-state index < -0.39 is 11.6 Å². The zero-order valence-corrected chi connectivity index (χ0v) is 13.0. The van der Waals surface area contributed by atoms with Crippen LogP contribution in [0.2, 0.25) is 0 Å². The number of nitrogens with zero attached hydrogens (tertiary/aromatic N) is 1. The highest BCUT2D eigenvalue weighted by atomic mass is 16.6. The molecular formula is C16H21NO5. The largest absolute Gasteiger partial charge is 0.482 e. The van der Waals surface area contributed by atoms with E-state index >= 15 is 0 Å². The van der Waals surface area contributed by atoms with Gasteiger partial charge in [-0.2, -0.15) is 0 Å². The van der Waals surface area contributed by atoms with E-state index in [9.17, 15) is 9.59 Å². The van der Waals surface area contributed by atoms with Crippen LogP contribution >= 0.6 is 0 Å². The first-order valence-corrected chi connectivity index (χ1v) is 7.18. The number of hydrogen-bond acceptors (Lipinski definition) is 4. The van der Waals surface area contributed by atoms with Crippen LogP contribution < -0.4 is 4.74 Å². The number of amides is 1. The van der Waals surface area contributed by atoms with Crippen LogP contribution in [0.3, 0.4) is 0 Å². The summed E-state index contributed by atoms with van der Waals surface area (Å²) in [6.45, 7) is 6.20. The van der Waals surface area contributed by atoms with Gasteiger partial charge in [0, 0.05) is 24.6 Å². The number of carbonyl (C=O) groups excluding carboxylic acids is 1. The predicted octanol–water partition coefficient (Wildman–Crippen LogP) is 2.48. The maximum Gasteiger partial charge on any atom is 0.410 e. The van der Waals surface area contributed by atoms with Crippen molar-refractivity contribution in [2.24, 2.45) is 0 Å². The summed E-state index contributed by atoms with van der Waals surface area (Å²) < 4.78 is 10.6. The Bertz CT molecular complexity index is 558. The van der Waals surface area contributed by atoms with Gasteiger partial charge in [-0.3, -0.25) is 0 Å². The lowest BCUT2D eigenvalue weighted by molar-refractivity contribution is -0.139. The van der Waals surface area contributed by atoms with E-state index in [-0.39, 0.29) is 18.6 Å². The molecule has 6 nitrogen and oxygen atoms in total. The maximum absolute atomic E-state index is 11.9. The van der Waals surface area contributed by atoms with Gasteiger partial charge in [-0.1, -0.05) is 18.2 Å². The summed E-state index contributed by atoms with van der Waals surface area (Å²) >= 11 is 0. The molecule has 0 atom stereocenters. The average molecular weight is 307 g/mol. The molecule has 0 bridgehead atoms. The Hall–Kier alpha value is -2.24. The molecule has 1 aromatic carbocycles. The van der Waals surface area contributed by atoms with Crippen molar-refractivity contribution in [1.29, 1.82) is 0 Å². The van der Waals surface area contributed by atoms with Crippen molar-refractivity contribution in [3.63, 3.8) is 0 Å². The molecule has 1 heterocycles. The molecule has 0 unspecified atom stereocenters. The van der Waals surface area contributed by atoms with Crippen LogP contribution in [0, 0.1) is 0 Å². The van der Waals surface area contributed by atoms with Gasteiger partial charge in [-0.25, -0.2) is 9.59 Å². The number of likely N-dealkylation sites (tertiary alicyclic amines) is 1. The molecule has 22 heavy (non-hydrogen) atoms. The molecule has 0 aliphatic carbocycles. The number of carbonyl (C=O) groups is 2. The van der Waals surface area contributed by atoms with Crippen LogP contribution in [-0.2, 0) is 9.53 Å². The van der Waals surface area contributed by atoms with Crippen LogP contribution in [0.1, 0.15) is 32.3 Å². The van der Waals surface area contributed by atoms with Crippen LogP contribution in [-0.4, -0.2) is 47.4 Å². The Balaban J connectivity index is 1.95. The highest BCUT2D eigenvalue weighted by molar-refractivity contribution is 5.70. The SMILES string of the molecule is CC(C)(C)OC(=O)N1CC(c2ccccc2OCC(=O)O)C1. The molecule has 1 aromatic rings. The van der Waals surface area contributed by atoms with Crippen molar-refractivity contribution in [1.82, 2.24) is 4.90 Å². The lowest BCUT2D eigenvalue weighted by Crippen LogP contribution is -2.50. The Kier molecular flexibility index (Phi) is 4.59. The Morgan fingerprint density at radius 3 is 2.50 bits per heavy atom. The van der Waals surface area contributed by atoms with E-state index in [1.807, 2.05) is 32.9 Å². The van der Waals surface area contributed by atoms with Crippen LogP contribution in [0.4, 0.5) is 4.79 Å². The van der Waals surface area contributed by atoms with Gasteiger partial charge in [0.15, 0.2) is 6.61 Å². The fraction of sp³-hybridized carbons (Fsp3) is 0.500. The second-order valence-electron chi connectivity index (χ2n) is 6.30. The second-order valence-corrected chi connectivity index (χ2v) is 6.30. The molecule has 6 heteroatoms. The molecular weight excluding hydrogens is 286 g/mol. The minimum Gasteiger partial charge on any atom is -0.482 e. The fourth-order valence-electron chi connectivity index (χ4n) is 2.24. The number of benzene rings is 1. The summed E-state index contributed by atoms with van der Waals surface area (Å²) in [5.74, 6) is -0.324. The third-order valence-electron chi connectivity index (χ3n) is 3.24. The summed E-state index contributed by atoms with van der Waals surface area (Å²) in [4.78, 5) is 24.2. The molecule has 1 amide bonds. The molecule has 1 fully saturated rings. The lowest BCUT2D eigenvalue weighted by Gasteiger charge is -2.40. The van der Waals surface area contributed by atoms with E-state index in [1.54, 1.807) is 17.0 Å². The molecule has 0 aromatic heterocycles. The number of aliphatic carboxylic acids is 1. The first kappa shape index (κ1) is 16.1. The van der Waals surface area contributed by atoms with E-state index in [0.717, 1.165) is 5.56 Å². The van der Waals surface area contributed by atoms with E-state index in [2.05, 4.69) is 0 Å². The van der Waals surface area contributed by atoms with Crippen molar-refractivity contribution in [3.8, 4) is 5.75 Å².